The number of aliphatic hydroxyl groups excluding tert-OH is 1. The maximum absolute atomic E-state index is 12.6. The lowest BCUT2D eigenvalue weighted by Crippen LogP contribution is -2.14. The Morgan fingerprint density at radius 2 is 1.86 bits per heavy atom. The number of amides is 1. The third-order valence-electron chi connectivity index (χ3n) is 3.92. The zero-order valence-electron chi connectivity index (χ0n) is 15.1. The molecule has 1 amide bonds. The van der Waals surface area contributed by atoms with Gasteiger partial charge in [0.25, 0.3) is 5.91 Å². The summed E-state index contributed by atoms with van der Waals surface area (Å²) in [6.45, 7) is 1.57. The van der Waals surface area contributed by atoms with Crippen molar-refractivity contribution < 1.29 is 23.1 Å². The molecule has 29 heavy (non-hydrogen) atoms. The highest BCUT2D eigenvalue weighted by Crippen LogP contribution is 2.29. The van der Waals surface area contributed by atoms with Gasteiger partial charge in [0.05, 0.1) is 23.6 Å². The number of aromatic nitrogens is 3. The predicted octanol–water partition coefficient (Wildman–Crippen LogP) is 3.94. The molecule has 0 fully saturated rings. The van der Waals surface area contributed by atoms with Crippen LogP contribution in [-0.4, -0.2) is 26.0 Å². The molecule has 0 spiro atoms. The molecule has 1 atom stereocenters. The van der Waals surface area contributed by atoms with E-state index in [0.29, 0.717) is 17.4 Å². The van der Waals surface area contributed by atoms with Gasteiger partial charge in [0.1, 0.15) is 11.6 Å². The summed E-state index contributed by atoms with van der Waals surface area (Å²) < 4.78 is 37.8. The highest BCUT2D eigenvalue weighted by atomic mass is 19.4. The third-order valence-corrected chi connectivity index (χ3v) is 3.92. The topological polar surface area (TPSA) is 100 Å². The minimum atomic E-state index is -4.47. The number of aliphatic hydroxyl groups is 1. The number of hydrogen-bond acceptors (Lipinski definition) is 6. The number of nitrogens with zero attached hydrogens (tertiary/aromatic N) is 3. The predicted molar refractivity (Wildman–Crippen MR) is 99.6 cm³/mol. The van der Waals surface area contributed by atoms with Gasteiger partial charge in [-0.15, -0.1) is 0 Å². The lowest BCUT2D eigenvalue weighted by Gasteiger charge is -2.13. The van der Waals surface area contributed by atoms with E-state index in [1.807, 2.05) is 0 Å². The average Bonchev–Trinajstić information content (AvgIpc) is 2.68. The molecule has 3 rings (SSSR count). The Labute approximate surface area is 163 Å². The van der Waals surface area contributed by atoms with Crippen molar-refractivity contribution in [1.82, 2.24) is 15.0 Å². The van der Waals surface area contributed by atoms with Gasteiger partial charge in [0.15, 0.2) is 0 Å². The SMILES string of the molecule is CC(O)c1ccncc1NC(=O)c1ccnc(Nc2ccc(C(F)(F)F)cn2)c1. The maximum atomic E-state index is 12.6. The molecule has 0 bridgehead atoms. The molecule has 7 nitrogen and oxygen atoms in total. The second-order valence-corrected chi connectivity index (χ2v) is 6.08. The van der Waals surface area contributed by atoms with Gasteiger partial charge in [-0.3, -0.25) is 9.78 Å². The van der Waals surface area contributed by atoms with Crippen LogP contribution < -0.4 is 10.6 Å². The molecule has 0 saturated carbocycles. The van der Waals surface area contributed by atoms with E-state index in [1.54, 1.807) is 13.0 Å². The third kappa shape index (κ3) is 5.05. The van der Waals surface area contributed by atoms with Gasteiger partial charge in [-0.25, -0.2) is 9.97 Å². The van der Waals surface area contributed by atoms with Crippen molar-refractivity contribution in [2.45, 2.75) is 19.2 Å². The molecule has 3 heterocycles. The standard InChI is InChI=1S/C19H16F3N5O2/c1-11(28)14-5-6-23-10-15(14)26-18(29)12-4-7-24-17(8-12)27-16-3-2-13(9-25-16)19(20,21)22/h2-11,28H,1H3,(H,26,29)(H,24,25,27). The van der Waals surface area contributed by atoms with Crippen LogP contribution >= 0.6 is 0 Å². The average molecular weight is 403 g/mol. The first-order chi connectivity index (χ1) is 13.7. The Balaban J connectivity index is 1.75. The van der Waals surface area contributed by atoms with Crippen LogP contribution in [0.5, 0.6) is 0 Å². The summed E-state index contributed by atoms with van der Waals surface area (Å²) in [6.07, 6.45) is -0.262. The van der Waals surface area contributed by atoms with Crippen molar-refractivity contribution in [1.29, 1.82) is 0 Å². The highest BCUT2D eigenvalue weighted by Gasteiger charge is 2.30. The lowest BCUT2D eigenvalue weighted by atomic mass is 10.1. The number of hydrogen-bond donors (Lipinski definition) is 3. The molecule has 3 aromatic rings. The largest absolute Gasteiger partial charge is 0.417 e. The molecular weight excluding hydrogens is 387 g/mol. The summed E-state index contributed by atoms with van der Waals surface area (Å²) in [6, 6.07) is 6.55. The fourth-order valence-electron chi connectivity index (χ4n) is 2.48. The normalized spacial score (nSPS) is 12.3. The molecular formula is C19H16F3N5O2. The highest BCUT2D eigenvalue weighted by molar-refractivity contribution is 6.05. The van der Waals surface area contributed by atoms with Gasteiger partial charge in [0, 0.05) is 29.7 Å². The summed E-state index contributed by atoms with van der Waals surface area (Å²) in [5.41, 5.74) is 0.252. The van der Waals surface area contributed by atoms with E-state index in [-0.39, 0.29) is 17.2 Å². The van der Waals surface area contributed by atoms with Gasteiger partial charge in [-0.1, -0.05) is 0 Å². The summed E-state index contributed by atoms with van der Waals surface area (Å²) in [7, 11) is 0. The number of anilines is 3. The number of carbonyl (C=O) groups is 1. The van der Waals surface area contributed by atoms with Crippen LogP contribution in [0.3, 0.4) is 0 Å². The summed E-state index contributed by atoms with van der Waals surface area (Å²) in [4.78, 5) is 24.2. The number of carbonyl (C=O) groups excluding carboxylic acids is 1. The number of pyridine rings is 3. The van der Waals surface area contributed by atoms with Crippen LogP contribution in [0.25, 0.3) is 0 Å². The Kier molecular flexibility index (Phi) is 5.74. The molecule has 0 radical (unpaired) electrons. The van der Waals surface area contributed by atoms with E-state index in [9.17, 15) is 23.1 Å². The van der Waals surface area contributed by atoms with Gasteiger partial charge in [0.2, 0.25) is 0 Å². The first kappa shape index (κ1) is 20.2. The fourth-order valence-corrected chi connectivity index (χ4v) is 2.48. The van der Waals surface area contributed by atoms with Crippen LogP contribution in [0.15, 0.2) is 55.1 Å². The monoisotopic (exact) mass is 403 g/mol. The van der Waals surface area contributed by atoms with Crippen molar-refractivity contribution in [2.75, 3.05) is 10.6 Å². The van der Waals surface area contributed by atoms with Gasteiger partial charge in [-0.2, -0.15) is 13.2 Å². The van der Waals surface area contributed by atoms with Crippen LogP contribution in [0.1, 0.15) is 34.5 Å². The Morgan fingerprint density at radius 3 is 2.52 bits per heavy atom. The van der Waals surface area contributed by atoms with E-state index in [1.165, 1.54) is 36.8 Å². The molecule has 0 aliphatic carbocycles. The van der Waals surface area contributed by atoms with Gasteiger partial charge < -0.3 is 15.7 Å². The molecule has 0 aromatic carbocycles. The summed E-state index contributed by atoms with van der Waals surface area (Å²) in [5.74, 6) is -0.0933. The maximum Gasteiger partial charge on any atom is 0.417 e. The molecule has 3 aromatic heterocycles. The second kappa shape index (κ2) is 8.23. The van der Waals surface area contributed by atoms with Crippen molar-refractivity contribution >= 4 is 23.2 Å². The van der Waals surface area contributed by atoms with E-state index >= 15 is 0 Å². The molecule has 1 unspecified atom stereocenters. The molecule has 0 aliphatic rings. The Bertz CT molecular complexity index is 1010. The smallest absolute Gasteiger partial charge is 0.389 e. The van der Waals surface area contributed by atoms with Crippen molar-refractivity contribution in [3.63, 3.8) is 0 Å². The minimum absolute atomic E-state index is 0.145. The lowest BCUT2D eigenvalue weighted by molar-refractivity contribution is -0.137. The minimum Gasteiger partial charge on any atom is -0.389 e. The van der Waals surface area contributed by atoms with Crippen LogP contribution in [0.2, 0.25) is 0 Å². The zero-order chi connectivity index (χ0) is 21.0. The number of rotatable bonds is 5. The van der Waals surface area contributed by atoms with Gasteiger partial charge >= 0.3 is 6.18 Å². The van der Waals surface area contributed by atoms with Crippen LogP contribution in [-0.2, 0) is 6.18 Å². The second-order valence-electron chi connectivity index (χ2n) is 6.08. The summed E-state index contributed by atoms with van der Waals surface area (Å²) >= 11 is 0. The number of alkyl halides is 3. The van der Waals surface area contributed by atoms with Crippen molar-refractivity contribution in [2.24, 2.45) is 0 Å². The number of nitrogens with one attached hydrogen (secondary N) is 2. The van der Waals surface area contributed by atoms with Crippen molar-refractivity contribution in [3.05, 3.63) is 71.8 Å². The van der Waals surface area contributed by atoms with Crippen LogP contribution in [0, 0.1) is 0 Å². The van der Waals surface area contributed by atoms with Crippen molar-refractivity contribution in [3.8, 4) is 0 Å². The fraction of sp³-hybridized carbons (Fsp3) is 0.158. The molecule has 10 heteroatoms. The van der Waals surface area contributed by atoms with E-state index in [4.69, 9.17) is 0 Å². The molecule has 0 saturated heterocycles. The molecule has 150 valence electrons. The molecule has 3 N–H and O–H groups in total. The van der Waals surface area contributed by atoms with E-state index < -0.39 is 23.8 Å². The molecule has 0 aliphatic heterocycles. The first-order valence-corrected chi connectivity index (χ1v) is 8.43. The zero-order valence-corrected chi connectivity index (χ0v) is 15.1. The van der Waals surface area contributed by atoms with E-state index in [2.05, 4.69) is 25.6 Å². The van der Waals surface area contributed by atoms with E-state index in [0.717, 1.165) is 6.07 Å². The summed E-state index contributed by atoms with van der Waals surface area (Å²) in [5, 5.41) is 15.2. The van der Waals surface area contributed by atoms with Crippen LogP contribution in [0.4, 0.5) is 30.5 Å². The Hall–Kier alpha value is -3.53. The first-order valence-electron chi connectivity index (χ1n) is 8.43. The van der Waals surface area contributed by atoms with Gasteiger partial charge in [-0.05, 0) is 37.3 Å². The Morgan fingerprint density at radius 1 is 1.07 bits per heavy atom. The quantitative estimate of drug-likeness (QED) is 0.597. The number of halogens is 3.